The molecule has 0 aliphatic rings. The fraction of sp³-hybridized carbons (Fsp3) is 0.400. The van der Waals surface area contributed by atoms with Crippen molar-refractivity contribution < 1.29 is 9.90 Å². The number of thioether (sulfide) groups is 1. The molecule has 15 heavy (non-hydrogen) atoms. The molecule has 0 aliphatic carbocycles. The van der Waals surface area contributed by atoms with Crippen molar-refractivity contribution in [3.8, 4) is 0 Å². The summed E-state index contributed by atoms with van der Waals surface area (Å²) < 4.78 is 0.00137. The van der Waals surface area contributed by atoms with Crippen molar-refractivity contribution in [3.63, 3.8) is 0 Å². The van der Waals surface area contributed by atoms with Crippen molar-refractivity contribution in [2.75, 3.05) is 0 Å². The lowest BCUT2D eigenvalue weighted by molar-refractivity contribution is 0.0696. The van der Waals surface area contributed by atoms with Gasteiger partial charge in [-0.25, -0.2) is 9.78 Å². The van der Waals surface area contributed by atoms with Crippen LogP contribution >= 0.6 is 23.4 Å². The molecule has 0 saturated heterocycles. The Morgan fingerprint density at radius 2 is 2.13 bits per heavy atom. The van der Waals surface area contributed by atoms with Crippen molar-refractivity contribution in [1.29, 1.82) is 0 Å². The van der Waals surface area contributed by atoms with Gasteiger partial charge >= 0.3 is 5.97 Å². The zero-order chi connectivity index (χ0) is 11.6. The molecule has 0 bridgehead atoms. The molecule has 1 rings (SSSR count). The van der Waals surface area contributed by atoms with E-state index in [9.17, 15) is 4.79 Å². The first kappa shape index (κ1) is 12.3. The molecular formula is C10H12ClNO2S. The number of rotatable bonds is 2. The lowest BCUT2D eigenvalue weighted by Gasteiger charge is -2.17. The number of carboxylic acids is 1. The molecule has 0 saturated carbocycles. The molecule has 0 aliphatic heterocycles. The highest BCUT2D eigenvalue weighted by Crippen LogP contribution is 2.34. The highest BCUT2D eigenvalue weighted by molar-refractivity contribution is 8.00. The van der Waals surface area contributed by atoms with E-state index in [0.29, 0.717) is 10.0 Å². The SMILES string of the molecule is CC(C)(C)Sc1ncc(C(=O)O)cc1Cl. The third-order valence-corrected chi connectivity index (χ3v) is 2.99. The smallest absolute Gasteiger partial charge is 0.337 e. The number of aromatic carboxylic acids is 1. The van der Waals surface area contributed by atoms with Crippen molar-refractivity contribution in [1.82, 2.24) is 4.98 Å². The van der Waals surface area contributed by atoms with Gasteiger partial charge in [-0.3, -0.25) is 0 Å². The van der Waals surface area contributed by atoms with E-state index >= 15 is 0 Å². The van der Waals surface area contributed by atoms with E-state index in [1.807, 2.05) is 20.8 Å². The van der Waals surface area contributed by atoms with Gasteiger partial charge in [0.05, 0.1) is 10.6 Å². The second-order valence-electron chi connectivity index (χ2n) is 4.03. The molecular weight excluding hydrogens is 234 g/mol. The molecule has 3 nitrogen and oxygen atoms in total. The molecule has 1 aromatic rings. The fourth-order valence-corrected chi connectivity index (χ4v) is 2.03. The maximum atomic E-state index is 10.6. The monoisotopic (exact) mass is 245 g/mol. The van der Waals surface area contributed by atoms with Gasteiger partial charge in [-0.1, -0.05) is 44.1 Å². The summed E-state index contributed by atoms with van der Waals surface area (Å²) in [4.78, 5) is 14.7. The zero-order valence-corrected chi connectivity index (χ0v) is 10.3. The van der Waals surface area contributed by atoms with E-state index in [1.54, 1.807) is 0 Å². The van der Waals surface area contributed by atoms with Crippen molar-refractivity contribution in [2.24, 2.45) is 0 Å². The van der Waals surface area contributed by atoms with Gasteiger partial charge in [-0.05, 0) is 6.07 Å². The Bertz CT molecular complexity index is 387. The van der Waals surface area contributed by atoms with E-state index in [4.69, 9.17) is 16.7 Å². The standard InChI is InChI=1S/C10H12ClNO2S/c1-10(2,3)15-8-7(11)4-6(5-12-8)9(13)14/h4-5H,1-3H3,(H,13,14). The van der Waals surface area contributed by atoms with Gasteiger partial charge < -0.3 is 5.11 Å². The Balaban J connectivity index is 2.99. The first-order chi connectivity index (χ1) is 6.79. The van der Waals surface area contributed by atoms with E-state index in [2.05, 4.69) is 4.98 Å². The molecule has 0 fully saturated rings. The maximum absolute atomic E-state index is 10.6. The van der Waals surface area contributed by atoms with Crippen molar-refractivity contribution >= 4 is 29.3 Å². The Hall–Kier alpha value is -0.740. The van der Waals surface area contributed by atoms with Crippen LogP contribution in [-0.4, -0.2) is 20.8 Å². The van der Waals surface area contributed by atoms with Crippen molar-refractivity contribution in [2.45, 2.75) is 30.5 Å². The van der Waals surface area contributed by atoms with E-state index in [-0.39, 0.29) is 10.3 Å². The normalized spacial score (nSPS) is 11.5. The first-order valence-electron chi connectivity index (χ1n) is 4.37. The summed E-state index contributed by atoms with van der Waals surface area (Å²) in [6.45, 7) is 6.13. The number of nitrogens with zero attached hydrogens (tertiary/aromatic N) is 1. The van der Waals surface area contributed by atoms with Crippen LogP contribution in [0.15, 0.2) is 17.3 Å². The fourth-order valence-electron chi connectivity index (χ4n) is 0.907. The molecule has 1 aromatic heterocycles. The molecule has 1 heterocycles. The minimum absolute atomic E-state index is 0.00137. The molecule has 82 valence electrons. The maximum Gasteiger partial charge on any atom is 0.337 e. The molecule has 0 unspecified atom stereocenters. The Morgan fingerprint density at radius 1 is 1.53 bits per heavy atom. The van der Waals surface area contributed by atoms with Crippen LogP contribution in [0.2, 0.25) is 5.02 Å². The van der Waals surface area contributed by atoms with Gasteiger partial charge in [0.25, 0.3) is 0 Å². The van der Waals surface area contributed by atoms with Crippen LogP contribution in [0.3, 0.4) is 0 Å². The number of carboxylic acid groups (broad SMARTS) is 1. The third kappa shape index (κ3) is 3.72. The molecule has 0 aromatic carbocycles. The lowest BCUT2D eigenvalue weighted by atomic mass is 10.3. The number of hydrogen-bond donors (Lipinski definition) is 1. The van der Waals surface area contributed by atoms with Gasteiger partial charge in [0, 0.05) is 10.9 Å². The van der Waals surface area contributed by atoms with Crippen LogP contribution in [-0.2, 0) is 0 Å². The van der Waals surface area contributed by atoms with E-state index < -0.39 is 5.97 Å². The molecule has 1 N–H and O–H groups in total. The molecule has 0 amide bonds. The quantitative estimate of drug-likeness (QED) is 0.812. The Morgan fingerprint density at radius 3 is 2.53 bits per heavy atom. The highest BCUT2D eigenvalue weighted by Gasteiger charge is 2.16. The highest BCUT2D eigenvalue weighted by atomic mass is 35.5. The lowest BCUT2D eigenvalue weighted by Crippen LogP contribution is -2.08. The van der Waals surface area contributed by atoms with Crippen LogP contribution < -0.4 is 0 Å². The van der Waals surface area contributed by atoms with Gasteiger partial charge in [-0.2, -0.15) is 0 Å². The van der Waals surface area contributed by atoms with Gasteiger partial charge in [0.1, 0.15) is 5.03 Å². The first-order valence-corrected chi connectivity index (χ1v) is 5.57. The average molecular weight is 246 g/mol. The van der Waals surface area contributed by atoms with E-state index in [0.717, 1.165) is 0 Å². The summed E-state index contributed by atoms with van der Waals surface area (Å²) >= 11 is 7.44. The third-order valence-electron chi connectivity index (χ3n) is 1.46. The molecule has 5 heteroatoms. The van der Waals surface area contributed by atoms with Crippen LogP contribution in [0.5, 0.6) is 0 Å². The van der Waals surface area contributed by atoms with Crippen molar-refractivity contribution in [3.05, 3.63) is 22.8 Å². The Kier molecular flexibility index (Phi) is 3.62. The second-order valence-corrected chi connectivity index (χ2v) is 6.25. The molecule has 0 atom stereocenters. The van der Waals surface area contributed by atoms with Gasteiger partial charge in [0.15, 0.2) is 0 Å². The summed E-state index contributed by atoms with van der Waals surface area (Å²) in [5.41, 5.74) is 0.109. The van der Waals surface area contributed by atoms with Crippen LogP contribution in [0.1, 0.15) is 31.1 Å². The number of hydrogen-bond acceptors (Lipinski definition) is 3. The van der Waals surface area contributed by atoms with Crippen LogP contribution in [0, 0.1) is 0 Å². The minimum atomic E-state index is -1.02. The van der Waals surface area contributed by atoms with Crippen LogP contribution in [0.25, 0.3) is 0 Å². The topological polar surface area (TPSA) is 50.2 Å². The predicted molar refractivity (Wildman–Crippen MR) is 61.8 cm³/mol. The summed E-state index contributed by atoms with van der Waals surface area (Å²) in [7, 11) is 0. The number of halogens is 1. The zero-order valence-electron chi connectivity index (χ0n) is 8.74. The number of carbonyl (C=O) groups is 1. The Labute approximate surface area is 97.9 Å². The van der Waals surface area contributed by atoms with Gasteiger partial charge in [0.2, 0.25) is 0 Å². The largest absolute Gasteiger partial charge is 0.478 e. The summed E-state index contributed by atoms with van der Waals surface area (Å²) in [5.74, 6) is -1.02. The predicted octanol–water partition coefficient (Wildman–Crippen LogP) is 3.32. The summed E-state index contributed by atoms with van der Waals surface area (Å²) in [6, 6.07) is 1.42. The summed E-state index contributed by atoms with van der Waals surface area (Å²) in [5, 5.41) is 9.77. The average Bonchev–Trinajstić information content (AvgIpc) is 2.05. The second kappa shape index (κ2) is 4.41. The minimum Gasteiger partial charge on any atom is -0.478 e. The van der Waals surface area contributed by atoms with E-state index in [1.165, 1.54) is 24.0 Å². The summed E-state index contributed by atoms with van der Waals surface area (Å²) in [6.07, 6.45) is 1.32. The number of aromatic nitrogens is 1. The molecule has 0 spiro atoms. The van der Waals surface area contributed by atoms with Gasteiger partial charge in [-0.15, -0.1) is 0 Å². The number of pyridine rings is 1. The molecule has 0 radical (unpaired) electrons. The van der Waals surface area contributed by atoms with Crippen LogP contribution in [0.4, 0.5) is 0 Å².